The highest BCUT2D eigenvalue weighted by Gasteiger charge is 2.11. The predicted octanol–water partition coefficient (Wildman–Crippen LogP) is 2.46. The zero-order chi connectivity index (χ0) is 18.4. The van der Waals surface area contributed by atoms with E-state index in [-0.39, 0.29) is 25.4 Å². The Kier molecular flexibility index (Phi) is 5.48. The Labute approximate surface area is 150 Å². The van der Waals surface area contributed by atoms with Gasteiger partial charge in [-0.2, -0.15) is 4.80 Å². The van der Waals surface area contributed by atoms with E-state index < -0.39 is 5.97 Å². The van der Waals surface area contributed by atoms with E-state index in [2.05, 4.69) is 15.4 Å². The molecule has 0 aliphatic heterocycles. The Morgan fingerprint density at radius 3 is 2.65 bits per heavy atom. The lowest BCUT2D eigenvalue weighted by Crippen LogP contribution is -2.16. The van der Waals surface area contributed by atoms with Crippen molar-refractivity contribution in [3.05, 3.63) is 65.7 Å². The standard InChI is InChI=1S/C19H18N4O3/c1-14-6-5-9-16(12-14)19-20-22-23(21-19)11-10-18(25)26-13-17(24)15-7-3-2-4-8-15/h2-9,12H,10-11,13H2,1H3. The van der Waals surface area contributed by atoms with Crippen molar-refractivity contribution in [2.75, 3.05) is 6.61 Å². The lowest BCUT2D eigenvalue weighted by atomic mass is 10.1. The monoisotopic (exact) mass is 350 g/mol. The van der Waals surface area contributed by atoms with Crippen molar-refractivity contribution in [3.8, 4) is 11.4 Å². The highest BCUT2D eigenvalue weighted by molar-refractivity contribution is 5.97. The van der Waals surface area contributed by atoms with E-state index in [1.807, 2.05) is 37.3 Å². The Morgan fingerprint density at radius 2 is 1.88 bits per heavy atom. The average Bonchev–Trinajstić information content (AvgIpc) is 3.14. The normalized spacial score (nSPS) is 10.5. The molecule has 1 aromatic heterocycles. The minimum Gasteiger partial charge on any atom is -0.457 e. The number of rotatable bonds is 7. The van der Waals surface area contributed by atoms with Crippen molar-refractivity contribution >= 4 is 11.8 Å². The zero-order valence-corrected chi connectivity index (χ0v) is 14.3. The summed E-state index contributed by atoms with van der Waals surface area (Å²) in [7, 11) is 0. The number of tetrazole rings is 1. The lowest BCUT2D eigenvalue weighted by molar-refractivity contribution is -0.142. The molecule has 7 nitrogen and oxygen atoms in total. The van der Waals surface area contributed by atoms with Gasteiger partial charge < -0.3 is 4.74 Å². The molecule has 0 saturated heterocycles. The van der Waals surface area contributed by atoms with Gasteiger partial charge in [0, 0.05) is 11.1 Å². The second-order valence-corrected chi connectivity index (χ2v) is 5.78. The maximum absolute atomic E-state index is 11.9. The van der Waals surface area contributed by atoms with Gasteiger partial charge in [0.05, 0.1) is 13.0 Å². The van der Waals surface area contributed by atoms with Crippen LogP contribution in [0.2, 0.25) is 0 Å². The SMILES string of the molecule is Cc1cccc(-c2nnn(CCC(=O)OCC(=O)c3ccccc3)n2)c1. The Hall–Kier alpha value is -3.35. The van der Waals surface area contributed by atoms with E-state index in [4.69, 9.17) is 4.74 Å². The molecule has 0 N–H and O–H groups in total. The van der Waals surface area contributed by atoms with Crippen LogP contribution in [-0.4, -0.2) is 38.6 Å². The van der Waals surface area contributed by atoms with Crippen molar-refractivity contribution in [2.24, 2.45) is 0 Å². The van der Waals surface area contributed by atoms with E-state index in [9.17, 15) is 9.59 Å². The second-order valence-electron chi connectivity index (χ2n) is 5.78. The number of aromatic nitrogens is 4. The third-order valence-corrected chi connectivity index (χ3v) is 3.71. The number of hydrogen-bond donors (Lipinski definition) is 0. The van der Waals surface area contributed by atoms with Gasteiger partial charge in [-0.3, -0.25) is 9.59 Å². The third-order valence-electron chi connectivity index (χ3n) is 3.71. The largest absolute Gasteiger partial charge is 0.457 e. The summed E-state index contributed by atoms with van der Waals surface area (Å²) in [5.74, 6) is -0.218. The molecule has 2 aromatic carbocycles. The summed E-state index contributed by atoms with van der Waals surface area (Å²) in [5.41, 5.74) is 2.49. The van der Waals surface area contributed by atoms with Crippen molar-refractivity contribution in [3.63, 3.8) is 0 Å². The Morgan fingerprint density at radius 1 is 1.08 bits per heavy atom. The molecule has 3 rings (SSSR count). The summed E-state index contributed by atoms with van der Waals surface area (Å²) in [4.78, 5) is 25.0. The first-order valence-corrected chi connectivity index (χ1v) is 8.20. The molecule has 0 amide bonds. The fraction of sp³-hybridized carbons (Fsp3) is 0.211. The topological polar surface area (TPSA) is 87.0 Å². The van der Waals surface area contributed by atoms with Crippen molar-refractivity contribution in [1.29, 1.82) is 0 Å². The number of esters is 1. The number of carbonyl (C=O) groups is 2. The Bertz CT molecular complexity index is 906. The van der Waals surface area contributed by atoms with E-state index >= 15 is 0 Å². The van der Waals surface area contributed by atoms with Crippen LogP contribution in [0.25, 0.3) is 11.4 Å². The maximum Gasteiger partial charge on any atom is 0.308 e. The van der Waals surface area contributed by atoms with Crippen molar-refractivity contribution in [2.45, 2.75) is 19.9 Å². The fourth-order valence-electron chi connectivity index (χ4n) is 2.35. The predicted molar refractivity (Wildman–Crippen MR) is 94.3 cm³/mol. The number of ketones is 1. The van der Waals surface area contributed by atoms with Crippen LogP contribution in [0.3, 0.4) is 0 Å². The molecule has 0 aliphatic carbocycles. The third kappa shape index (κ3) is 4.60. The molecular formula is C19H18N4O3. The number of nitrogens with zero attached hydrogens (tertiary/aromatic N) is 4. The number of ether oxygens (including phenoxy) is 1. The molecule has 3 aromatic rings. The molecular weight excluding hydrogens is 332 g/mol. The molecule has 1 heterocycles. The number of aryl methyl sites for hydroxylation is 2. The van der Waals surface area contributed by atoms with Crippen LogP contribution in [-0.2, 0) is 16.1 Å². The molecule has 0 saturated carbocycles. The van der Waals surface area contributed by atoms with Gasteiger partial charge in [-0.15, -0.1) is 10.2 Å². The van der Waals surface area contributed by atoms with Gasteiger partial charge in [0.15, 0.2) is 12.4 Å². The molecule has 132 valence electrons. The molecule has 0 atom stereocenters. The molecule has 0 aliphatic rings. The number of hydrogen-bond acceptors (Lipinski definition) is 6. The van der Waals surface area contributed by atoms with Crippen LogP contribution in [0.1, 0.15) is 22.3 Å². The number of Topliss-reactive ketones (excluding diaryl/α,β-unsaturated/α-hetero) is 1. The van der Waals surface area contributed by atoms with E-state index in [0.29, 0.717) is 11.4 Å². The first-order valence-electron chi connectivity index (χ1n) is 8.20. The summed E-state index contributed by atoms with van der Waals surface area (Å²) in [6.45, 7) is 1.94. The van der Waals surface area contributed by atoms with Crippen LogP contribution in [0.4, 0.5) is 0 Å². The van der Waals surface area contributed by atoms with Gasteiger partial charge in [-0.05, 0) is 18.2 Å². The van der Waals surface area contributed by atoms with Crippen LogP contribution < -0.4 is 0 Å². The number of carbonyl (C=O) groups excluding carboxylic acids is 2. The average molecular weight is 350 g/mol. The van der Waals surface area contributed by atoms with Crippen molar-refractivity contribution < 1.29 is 14.3 Å². The highest BCUT2D eigenvalue weighted by atomic mass is 16.5. The summed E-state index contributed by atoms with van der Waals surface area (Å²) in [6.07, 6.45) is 0.0612. The quantitative estimate of drug-likeness (QED) is 0.480. The molecule has 0 bridgehead atoms. The van der Waals surface area contributed by atoms with Crippen LogP contribution in [0.5, 0.6) is 0 Å². The van der Waals surface area contributed by atoms with Crippen LogP contribution >= 0.6 is 0 Å². The van der Waals surface area contributed by atoms with Gasteiger partial charge in [0.25, 0.3) is 0 Å². The maximum atomic E-state index is 11.9. The smallest absolute Gasteiger partial charge is 0.308 e. The minimum atomic E-state index is -0.483. The molecule has 0 spiro atoms. The van der Waals surface area contributed by atoms with E-state index in [1.165, 1.54) is 4.80 Å². The molecule has 0 radical (unpaired) electrons. The molecule has 7 heteroatoms. The van der Waals surface area contributed by atoms with E-state index in [1.54, 1.807) is 24.3 Å². The van der Waals surface area contributed by atoms with Crippen LogP contribution in [0.15, 0.2) is 54.6 Å². The summed E-state index contributed by atoms with van der Waals surface area (Å²) < 4.78 is 5.01. The lowest BCUT2D eigenvalue weighted by Gasteiger charge is -2.04. The number of benzene rings is 2. The fourth-order valence-corrected chi connectivity index (χ4v) is 2.35. The molecule has 0 unspecified atom stereocenters. The van der Waals surface area contributed by atoms with Crippen LogP contribution in [0, 0.1) is 6.92 Å². The van der Waals surface area contributed by atoms with Gasteiger partial charge in [0.1, 0.15) is 0 Å². The first-order chi connectivity index (χ1) is 12.6. The molecule has 26 heavy (non-hydrogen) atoms. The summed E-state index contributed by atoms with van der Waals surface area (Å²) in [5, 5.41) is 12.2. The minimum absolute atomic E-state index is 0.0612. The first kappa shape index (κ1) is 17.5. The summed E-state index contributed by atoms with van der Waals surface area (Å²) in [6, 6.07) is 16.5. The Balaban J connectivity index is 1.48. The van der Waals surface area contributed by atoms with Crippen molar-refractivity contribution in [1.82, 2.24) is 20.2 Å². The highest BCUT2D eigenvalue weighted by Crippen LogP contribution is 2.14. The zero-order valence-electron chi connectivity index (χ0n) is 14.3. The van der Waals surface area contributed by atoms with Gasteiger partial charge in [-0.25, -0.2) is 0 Å². The van der Waals surface area contributed by atoms with Gasteiger partial charge in [0.2, 0.25) is 5.82 Å². The molecule has 0 fully saturated rings. The van der Waals surface area contributed by atoms with E-state index in [0.717, 1.165) is 11.1 Å². The summed E-state index contributed by atoms with van der Waals surface area (Å²) >= 11 is 0. The second kappa shape index (κ2) is 8.15. The van der Waals surface area contributed by atoms with Gasteiger partial charge in [-0.1, -0.05) is 54.1 Å². The van der Waals surface area contributed by atoms with Gasteiger partial charge >= 0.3 is 5.97 Å².